The van der Waals surface area contributed by atoms with Crippen molar-refractivity contribution in [1.29, 1.82) is 0 Å². The van der Waals surface area contributed by atoms with Crippen LogP contribution in [0.3, 0.4) is 0 Å². The van der Waals surface area contributed by atoms with E-state index in [1.165, 1.54) is 16.5 Å². The third-order valence-electron chi connectivity index (χ3n) is 7.60. The first-order valence-corrected chi connectivity index (χ1v) is 15.9. The van der Waals surface area contributed by atoms with Gasteiger partial charge in [-0.15, -0.1) is 0 Å². The molecule has 38 heavy (non-hydrogen) atoms. The zero-order valence-electron chi connectivity index (χ0n) is 20.8. The first-order valence-electron chi connectivity index (χ1n) is 12.7. The van der Waals surface area contributed by atoms with E-state index in [0.717, 1.165) is 24.9 Å². The Bertz CT molecular complexity index is 1660. The van der Waals surface area contributed by atoms with Gasteiger partial charge in [0, 0.05) is 31.9 Å². The van der Waals surface area contributed by atoms with Crippen LogP contribution >= 0.6 is 0 Å². The molecular weight excluding hydrogens is 522 g/mol. The second kappa shape index (κ2) is 9.79. The minimum absolute atomic E-state index is 0.0227. The summed E-state index contributed by atoms with van der Waals surface area (Å²) in [6.45, 7) is 1.63. The number of sulfonamides is 1. The molecule has 2 atom stereocenters. The Morgan fingerprint density at radius 1 is 0.763 bits per heavy atom. The van der Waals surface area contributed by atoms with Crippen LogP contribution in [0.5, 0.6) is 0 Å². The predicted molar refractivity (Wildman–Crippen MR) is 146 cm³/mol. The van der Waals surface area contributed by atoms with Crippen LogP contribution in [0, 0.1) is 5.92 Å². The number of nitrogens with zero attached hydrogens (tertiary/aromatic N) is 5. The van der Waals surface area contributed by atoms with E-state index >= 15 is 0 Å². The Kier molecular flexibility index (Phi) is 6.45. The highest BCUT2D eigenvalue weighted by atomic mass is 32.2. The van der Waals surface area contributed by atoms with E-state index in [1.54, 1.807) is 22.5 Å². The Labute approximate surface area is 222 Å². The van der Waals surface area contributed by atoms with E-state index in [1.807, 2.05) is 48.5 Å². The number of aromatic nitrogens is 3. The van der Waals surface area contributed by atoms with Gasteiger partial charge in [0.25, 0.3) is 0 Å². The van der Waals surface area contributed by atoms with E-state index < -0.39 is 20.0 Å². The number of rotatable bonds is 7. The molecule has 4 heterocycles. The highest BCUT2D eigenvalue weighted by Gasteiger charge is 2.42. The number of hydrogen-bond donors (Lipinski definition) is 0. The quantitative estimate of drug-likeness (QED) is 0.347. The highest BCUT2D eigenvalue weighted by Crippen LogP contribution is 2.38. The van der Waals surface area contributed by atoms with E-state index in [2.05, 4.69) is 14.9 Å². The fourth-order valence-electron chi connectivity index (χ4n) is 5.73. The highest BCUT2D eigenvalue weighted by molar-refractivity contribution is 7.89. The van der Waals surface area contributed by atoms with Gasteiger partial charge in [-0.1, -0.05) is 60.7 Å². The van der Waals surface area contributed by atoms with Crippen molar-refractivity contribution >= 4 is 36.9 Å². The van der Waals surface area contributed by atoms with Crippen molar-refractivity contribution in [2.24, 2.45) is 5.92 Å². The van der Waals surface area contributed by atoms with E-state index in [-0.39, 0.29) is 17.5 Å². The summed E-state index contributed by atoms with van der Waals surface area (Å²) in [4.78, 5) is 11.0. The second-order valence-electron chi connectivity index (χ2n) is 9.99. The van der Waals surface area contributed by atoms with Gasteiger partial charge in [0.15, 0.2) is 5.65 Å². The lowest BCUT2D eigenvalue weighted by Gasteiger charge is -2.38. The summed E-state index contributed by atoms with van der Waals surface area (Å²) < 4.78 is 55.9. The summed E-state index contributed by atoms with van der Waals surface area (Å²) >= 11 is 0. The Morgan fingerprint density at radius 2 is 1.39 bits per heavy atom. The standard InChI is InChI=1S/C27H29N5O4S2/c33-37(34,18-21-7-3-1-4-8-21)30-14-11-23-12-15-31(25(23)17-30)26-24-13-16-32(27(24)29-20-28-26)38(35,36)19-22-9-5-2-6-10-22/h1-10,13,16,20,23,25H,11-12,14-15,17-19H2/t23-,25+/m1/s1. The molecule has 4 aromatic rings. The van der Waals surface area contributed by atoms with Crippen molar-refractivity contribution < 1.29 is 16.8 Å². The van der Waals surface area contributed by atoms with Crippen molar-refractivity contribution in [3.8, 4) is 0 Å². The fraction of sp³-hybridized carbons (Fsp3) is 0.333. The smallest absolute Gasteiger partial charge is 0.244 e. The number of fused-ring (bicyclic) bond motifs is 2. The average molecular weight is 552 g/mol. The van der Waals surface area contributed by atoms with Gasteiger partial charge < -0.3 is 4.90 Å². The second-order valence-corrected chi connectivity index (χ2v) is 13.8. The third-order valence-corrected chi connectivity index (χ3v) is 11.0. The van der Waals surface area contributed by atoms with Crippen molar-refractivity contribution in [1.82, 2.24) is 18.2 Å². The molecule has 0 N–H and O–H groups in total. The normalized spacial score (nSPS) is 20.6. The molecule has 0 saturated carbocycles. The number of piperidine rings is 1. The van der Waals surface area contributed by atoms with Crippen LogP contribution in [0.25, 0.3) is 11.0 Å². The molecule has 2 saturated heterocycles. The Hall–Kier alpha value is -3.28. The minimum atomic E-state index is -3.70. The molecule has 9 nitrogen and oxygen atoms in total. The maximum absolute atomic E-state index is 13.3. The molecule has 2 aromatic carbocycles. The van der Waals surface area contributed by atoms with Crippen molar-refractivity contribution in [3.63, 3.8) is 0 Å². The SMILES string of the molecule is O=S(=O)(Cc1ccccc1)N1CC[C@@H]2CCN(c3ncnc4c3ccn4S(=O)(=O)Cc3ccccc3)[C@H]2C1. The lowest BCUT2D eigenvalue weighted by molar-refractivity contribution is 0.260. The van der Waals surface area contributed by atoms with Crippen LogP contribution in [-0.2, 0) is 31.6 Å². The van der Waals surface area contributed by atoms with Crippen LogP contribution < -0.4 is 4.90 Å². The van der Waals surface area contributed by atoms with Crippen LogP contribution in [-0.4, -0.2) is 60.8 Å². The summed E-state index contributed by atoms with van der Waals surface area (Å²) in [7, 11) is -7.18. The molecule has 2 aliphatic rings. The van der Waals surface area contributed by atoms with Gasteiger partial charge in [-0.3, -0.25) is 0 Å². The molecule has 2 aliphatic heterocycles. The van der Waals surface area contributed by atoms with Gasteiger partial charge in [0.2, 0.25) is 20.0 Å². The van der Waals surface area contributed by atoms with Crippen LogP contribution in [0.15, 0.2) is 79.3 Å². The van der Waals surface area contributed by atoms with Crippen molar-refractivity contribution in [2.75, 3.05) is 24.5 Å². The molecule has 0 amide bonds. The molecule has 0 radical (unpaired) electrons. The lowest BCUT2D eigenvalue weighted by atomic mass is 9.93. The van der Waals surface area contributed by atoms with Gasteiger partial charge in [-0.2, -0.15) is 4.31 Å². The molecular formula is C27H29N5O4S2. The molecule has 2 aromatic heterocycles. The summed E-state index contributed by atoms with van der Waals surface area (Å²) in [6.07, 6.45) is 4.66. The van der Waals surface area contributed by atoms with Crippen LogP contribution in [0.2, 0.25) is 0 Å². The number of hydrogen-bond acceptors (Lipinski definition) is 7. The Morgan fingerprint density at radius 3 is 2.08 bits per heavy atom. The summed E-state index contributed by atoms with van der Waals surface area (Å²) in [5, 5.41) is 0.647. The lowest BCUT2D eigenvalue weighted by Crippen LogP contribution is -2.50. The average Bonchev–Trinajstić information content (AvgIpc) is 3.54. The molecule has 0 aliphatic carbocycles. The van der Waals surface area contributed by atoms with Crippen LogP contribution in [0.1, 0.15) is 24.0 Å². The maximum atomic E-state index is 13.3. The first-order chi connectivity index (χ1) is 18.3. The third kappa shape index (κ3) is 4.70. The molecule has 11 heteroatoms. The zero-order chi connectivity index (χ0) is 26.3. The van der Waals surface area contributed by atoms with E-state index in [9.17, 15) is 16.8 Å². The van der Waals surface area contributed by atoms with Crippen LogP contribution in [0.4, 0.5) is 5.82 Å². The molecule has 0 bridgehead atoms. The predicted octanol–water partition coefficient (Wildman–Crippen LogP) is 3.24. The minimum Gasteiger partial charge on any atom is -0.351 e. The molecule has 198 valence electrons. The maximum Gasteiger partial charge on any atom is 0.244 e. The summed E-state index contributed by atoms with van der Waals surface area (Å²) in [6, 6.07) is 20.0. The number of anilines is 1. The van der Waals surface area contributed by atoms with Gasteiger partial charge in [-0.05, 0) is 36.0 Å². The van der Waals surface area contributed by atoms with Gasteiger partial charge in [0.1, 0.15) is 12.1 Å². The first kappa shape index (κ1) is 25.0. The van der Waals surface area contributed by atoms with Gasteiger partial charge in [-0.25, -0.2) is 30.8 Å². The molecule has 0 unspecified atom stereocenters. The summed E-state index contributed by atoms with van der Waals surface area (Å²) in [5.41, 5.74) is 1.80. The topological polar surface area (TPSA) is 105 Å². The number of benzene rings is 2. The fourth-order valence-corrected chi connectivity index (χ4v) is 8.69. The van der Waals surface area contributed by atoms with Crippen molar-refractivity contribution in [2.45, 2.75) is 30.4 Å². The molecule has 6 rings (SSSR count). The molecule has 2 fully saturated rings. The monoisotopic (exact) mass is 551 g/mol. The van der Waals surface area contributed by atoms with Gasteiger partial charge >= 0.3 is 0 Å². The van der Waals surface area contributed by atoms with E-state index in [0.29, 0.717) is 41.4 Å². The van der Waals surface area contributed by atoms with E-state index in [4.69, 9.17) is 0 Å². The summed E-state index contributed by atoms with van der Waals surface area (Å²) in [5.74, 6) is 0.843. The molecule has 0 spiro atoms. The zero-order valence-corrected chi connectivity index (χ0v) is 22.4. The Balaban J connectivity index is 1.28. The van der Waals surface area contributed by atoms with Crippen molar-refractivity contribution in [3.05, 3.63) is 90.4 Å². The van der Waals surface area contributed by atoms with Gasteiger partial charge in [0.05, 0.1) is 16.9 Å². The largest absolute Gasteiger partial charge is 0.351 e.